The summed E-state index contributed by atoms with van der Waals surface area (Å²) < 4.78 is 5.66. The summed E-state index contributed by atoms with van der Waals surface area (Å²) in [5.41, 5.74) is 0.500. The molecule has 0 fully saturated rings. The summed E-state index contributed by atoms with van der Waals surface area (Å²) in [6, 6.07) is 4.05. The van der Waals surface area contributed by atoms with Crippen LogP contribution in [0.5, 0.6) is 0 Å². The third-order valence-corrected chi connectivity index (χ3v) is 2.60. The van der Waals surface area contributed by atoms with E-state index in [4.69, 9.17) is 9.84 Å². The number of carboxylic acid groups (broad SMARTS) is 1. The average Bonchev–Trinajstić information content (AvgIpc) is 2.34. The van der Waals surface area contributed by atoms with E-state index in [2.05, 4.69) is 26.6 Å². The Morgan fingerprint density at radius 2 is 2.11 bits per heavy atom. The van der Waals surface area contributed by atoms with Crippen molar-refractivity contribution in [3.8, 4) is 0 Å². The van der Waals surface area contributed by atoms with Crippen LogP contribution in [0.3, 0.4) is 0 Å². The van der Waals surface area contributed by atoms with Crippen molar-refractivity contribution in [1.82, 2.24) is 5.32 Å². The Balaban J connectivity index is 2.56. The molecular formula is C12H15BrN2O4. The number of nitrogens with one attached hydrogen (secondary N) is 2. The highest BCUT2D eigenvalue weighted by Crippen LogP contribution is 2.19. The van der Waals surface area contributed by atoms with Gasteiger partial charge < -0.3 is 20.5 Å². The molecule has 0 unspecified atom stereocenters. The normalized spacial score (nSPS) is 10.0. The van der Waals surface area contributed by atoms with Crippen molar-refractivity contribution in [2.24, 2.45) is 0 Å². The zero-order chi connectivity index (χ0) is 14.3. The van der Waals surface area contributed by atoms with Gasteiger partial charge in [0.1, 0.15) is 0 Å². The molecule has 7 heteroatoms. The fraction of sp³-hybridized carbons (Fsp3) is 0.333. The lowest BCUT2D eigenvalue weighted by molar-refractivity contribution is 0.0697. The second-order valence-electron chi connectivity index (χ2n) is 3.61. The summed E-state index contributed by atoms with van der Waals surface area (Å²) in [7, 11) is 0. The maximum atomic E-state index is 11.5. The maximum Gasteiger partial charge on any atom is 0.335 e. The summed E-state index contributed by atoms with van der Waals surface area (Å²) >= 11 is 3.19. The van der Waals surface area contributed by atoms with Crippen molar-refractivity contribution in [2.45, 2.75) is 6.92 Å². The van der Waals surface area contributed by atoms with Crippen LogP contribution < -0.4 is 10.6 Å². The molecule has 0 atom stereocenters. The smallest absolute Gasteiger partial charge is 0.335 e. The van der Waals surface area contributed by atoms with Crippen LogP contribution in [0.15, 0.2) is 22.7 Å². The second-order valence-corrected chi connectivity index (χ2v) is 4.53. The van der Waals surface area contributed by atoms with Gasteiger partial charge in [-0.05, 0) is 25.1 Å². The van der Waals surface area contributed by atoms with Gasteiger partial charge in [0.25, 0.3) is 0 Å². The van der Waals surface area contributed by atoms with Gasteiger partial charge in [0, 0.05) is 23.3 Å². The van der Waals surface area contributed by atoms with E-state index in [1.807, 2.05) is 6.92 Å². The largest absolute Gasteiger partial charge is 0.478 e. The molecule has 0 aliphatic heterocycles. The van der Waals surface area contributed by atoms with E-state index < -0.39 is 12.0 Å². The number of urea groups is 1. The van der Waals surface area contributed by atoms with E-state index in [1.165, 1.54) is 12.1 Å². The molecule has 0 saturated carbocycles. The molecule has 19 heavy (non-hydrogen) atoms. The number of rotatable bonds is 6. The predicted octanol–water partition coefficient (Wildman–Crippen LogP) is 2.31. The van der Waals surface area contributed by atoms with Gasteiger partial charge in [0.15, 0.2) is 0 Å². The van der Waals surface area contributed by atoms with Crippen molar-refractivity contribution in [2.75, 3.05) is 25.1 Å². The molecule has 0 aliphatic rings. The summed E-state index contributed by atoms with van der Waals surface area (Å²) in [5.74, 6) is -1.05. The molecule has 0 radical (unpaired) electrons. The molecule has 0 aromatic heterocycles. The van der Waals surface area contributed by atoms with Crippen LogP contribution in [-0.2, 0) is 4.74 Å². The number of carbonyl (C=O) groups excluding carboxylic acids is 1. The fourth-order valence-corrected chi connectivity index (χ4v) is 1.83. The molecule has 104 valence electrons. The standard InChI is InChI=1S/C12H15BrN2O4/c1-2-19-4-3-14-12(18)15-10-6-8(11(16)17)5-9(13)7-10/h5-7H,2-4H2,1H3,(H,16,17)(H2,14,15,18). The first-order chi connectivity index (χ1) is 9.02. The van der Waals surface area contributed by atoms with Gasteiger partial charge in [-0.1, -0.05) is 15.9 Å². The molecule has 0 bridgehead atoms. The van der Waals surface area contributed by atoms with Crippen LogP contribution in [-0.4, -0.2) is 36.9 Å². The Hall–Kier alpha value is -1.60. The van der Waals surface area contributed by atoms with Crippen molar-refractivity contribution in [3.63, 3.8) is 0 Å². The Bertz CT molecular complexity index is 465. The first-order valence-electron chi connectivity index (χ1n) is 5.69. The van der Waals surface area contributed by atoms with Gasteiger partial charge >= 0.3 is 12.0 Å². The molecule has 3 N–H and O–H groups in total. The Morgan fingerprint density at radius 1 is 1.37 bits per heavy atom. The minimum absolute atomic E-state index is 0.0963. The van der Waals surface area contributed by atoms with E-state index in [-0.39, 0.29) is 5.56 Å². The lowest BCUT2D eigenvalue weighted by Crippen LogP contribution is -2.31. The first-order valence-corrected chi connectivity index (χ1v) is 6.48. The lowest BCUT2D eigenvalue weighted by Gasteiger charge is -2.08. The Labute approximate surface area is 119 Å². The summed E-state index contributed by atoms with van der Waals surface area (Å²) in [4.78, 5) is 22.4. The highest BCUT2D eigenvalue weighted by atomic mass is 79.9. The third-order valence-electron chi connectivity index (χ3n) is 2.14. The molecule has 2 amide bonds. The van der Waals surface area contributed by atoms with Gasteiger partial charge in [-0.3, -0.25) is 0 Å². The second kappa shape index (κ2) is 7.75. The van der Waals surface area contributed by atoms with Crippen LogP contribution >= 0.6 is 15.9 Å². The van der Waals surface area contributed by atoms with Crippen molar-refractivity contribution >= 4 is 33.6 Å². The summed E-state index contributed by atoms with van der Waals surface area (Å²) in [6.07, 6.45) is 0. The Morgan fingerprint density at radius 3 is 2.74 bits per heavy atom. The van der Waals surface area contributed by atoms with Gasteiger partial charge in [0.2, 0.25) is 0 Å². The number of ether oxygens (including phenoxy) is 1. The number of benzene rings is 1. The van der Waals surface area contributed by atoms with E-state index in [0.29, 0.717) is 29.9 Å². The summed E-state index contributed by atoms with van der Waals surface area (Å²) in [5, 5.41) is 14.1. The number of carboxylic acids is 1. The van der Waals surface area contributed by atoms with E-state index in [1.54, 1.807) is 6.07 Å². The summed E-state index contributed by atoms with van der Waals surface area (Å²) in [6.45, 7) is 3.29. The average molecular weight is 331 g/mol. The molecule has 0 aliphatic carbocycles. The number of hydrogen-bond acceptors (Lipinski definition) is 3. The molecule has 1 aromatic rings. The monoisotopic (exact) mass is 330 g/mol. The van der Waals surface area contributed by atoms with Crippen LogP contribution in [0.1, 0.15) is 17.3 Å². The van der Waals surface area contributed by atoms with Gasteiger partial charge in [-0.15, -0.1) is 0 Å². The quantitative estimate of drug-likeness (QED) is 0.698. The van der Waals surface area contributed by atoms with E-state index in [9.17, 15) is 9.59 Å². The van der Waals surface area contributed by atoms with Gasteiger partial charge in [-0.25, -0.2) is 9.59 Å². The fourth-order valence-electron chi connectivity index (χ4n) is 1.34. The number of amides is 2. The van der Waals surface area contributed by atoms with Gasteiger partial charge in [-0.2, -0.15) is 0 Å². The number of carbonyl (C=O) groups is 2. The van der Waals surface area contributed by atoms with Crippen molar-refractivity contribution < 1.29 is 19.4 Å². The molecule has 0 saturated heterocycles. The van der Waals surface area contributed by atoms with E-state index >= 15 is 0 Å². The predicted molar refractivity (Wildman–Crippen MR) is 74.6 cm³/mol. The number of halogens is 1. The molecule has 6 nitrogen and oxygen atoms in total. The molecule has 1 aromatic carbocycles. The molecular weight excluding hydrogens is 316 g/mol. The van der Waals surface area contributed by atoms with Crippen molar-refractivity contribution in [1.29, 1.82) is 0 Å². The number of hydrogen-bond donors (Lipinski definition) is 3. The van der Waals surface area contributed by atoms with Crippen molar-refractivity contribution in [3.05, 3.63) is 28.2 Å². The molecule has 1 rings (SSSR count). The number of anilines is 1. The first kappa shape index (κ1) is 15.5. The zero-order valence-corrected chi connectivity index (χ0v) is 12.0. The SMILES string of the molecule is CCOCCNC(=O)Nc1cc(Br)cc(C(=O)O)c1. The van der Waals surface area contributed by atoms with Crippen LogP contribution in [0.4, 0.5) is 10.5 Å². The van der Waals surface area contributed by atoms with Crippen LogP contribution in [0.25, 0.3) is 0 Å². The van der Waals surface area contributed by atoms with Gasteiger partial charge in [0.05, 0.1) is 12.2 Å². The van der Waals surface area contributed by atoms with E-state index in [0.717, 1.165) is 0 Å². The lowest BCUT2D eigenvalue weighted by atomic mass is 10.2. The number of aromatic carboxylic acids is 1. The molecule has 0 heterocycles. The molecule has 0 spiro atoms. The maximum absolute atomic E-state index is 11.5. The highest BCUT2D eigenvalue weighted by molar-refractivity contribution is 9.10. The zero-order valence-electron chi connectivity index (χ0n) is 10.4. The third kappa shape index (κ3) is 5.71. The Kier molecular flexibility index (Phi) is 6.31. The minimum Gasteiger partial charge on any atom is -0.478 e. The van der Waals surface area contributed by atoms with Crippen LogP contribution in [0, 0.1) is 0 Å². The topological polar surface area (TPSA) is 87.7 Å². The highest BCUT2D eigenvalue weighted by Gasteiger charge is 2.08. The minimum atomic E-state index is -1.05. The van der Waals surface area contributed by atoms with Crippen LogP contribution in [0.2, 0.25) is 0 Å².